The minimum atomic E-state index is -0.211. The molecular formula is C24H27ClN4O3S. The quantitative estimate of drug-likeness (QED) is 0.282. The van der Waals surface area contributed by atoms with Crippen LogP contribution in [0, 0.1) is 0 Å². The molecule has 33 heavy (non-hydrogen) atoms. The van der Waals surface area contributed by atoms with Crippen molar-refractivity contribution in [3.8, 4) is 11.5 Å². The maximum absolute atomic E-state index is 12.5. The fourth-order valence-corrected chi connectivity index (χ4v) is 3.97. The van der Waals surface area contributed by atoms with Gasteiger partial charge in [-0.15, -0.1) is 16.8 Å². The number of hydrogen-bond donors (Lipinski definition) is 1. The molecule has 0 aliphatic heterocycles. The molecule has 7 nitrogen and oxygen atoms in total. The van der Waals surface area contributed by atoms with Crippen LogP contribution in [0.5, 0.6) is 11.5 Å². The minimum Gasteiger partial charge on any atom is -0.495 e. The Morgan fingerprint density at radius 2 is 2.00 bits per heavy atom. The summed E-state index contributed by atoms with van der Waals surface area (Å²) in [6.07, 6.45) is 1.76. The van der Waals surface area contributed by atoms with Crippen LogP contribution in [0.2, 0.25) is 5.02 Å². The van der Waals surface area contributed by atoms with Crippen molar-refractivity contribution >= 4 is 35.0 Å². The van der Waals surface area contributed by atoms with Crippen molar-refractivity contribution < 1.29 is 14.3 Å². The third-order valence-electron chi connectivity index (χ3n) is 4.79. The summed E-state index contributed by atoms with van der Waals surface area (Å²) >= 11 is 7.31. The Bertz CT molecular complexity index is 1100. The van der Waals surface area contributed by atoms with E-state index in [-0.39, 0.29) is 18.3 Å². The minimum absolute atomic E-state index is 0.141. The van der Waals surface area contributed by atoms with Gasteiger partial charge < -0.3 is 14.8 Å². The van der Waals surface area contributed by atoms with Crippen molar-refractivity contribution in [1.29, 1.82) is 0 Å². The number of carbonyl (C=O) groups excluding carboxylic acids is 1. The van der Waals surface area contributed by atoms with Gasteiger partial charge in [-0.1, -0.05) is 55.4 Å². The average molecular weight is 487 g/mol. The van der Waals surface area contributed by atoms with E-state index < -0.39 is 0 Å². The van der Waals surface area contributed by atoms with Gasteiger partial charge in [0.2, 0.25) is 5.91 Å². The molecule has 0 radical (unpaired) electrons. The third-order valence-corrected chi connectivity index (χ3v) is 5.99. The Kier molecular flexibility index (Phi) is 8.79. The zero-order valence-electron chi connectivity index (χ0n) is 18.9. The van der Waals surface area contributed by atoms with E-state index in [1.807, 2.05) is 16.7 Å². The summed E-state index contributed by atoms with van der Waals surface area (Å²) in [6.45, 7) is 8.87. The van der Waals surface area contributed by atoms with Gasteiger partial charge in [0.25, 0.3) is 0 Å². The van der Waals surface area contributed by atoms with Gasteiger partial charge >= 0.3 is 0 Å². The van der Waals surface area contributed by atoms with Crippen LogP contribution in [0.3, 0.4) is 0 Å². The fraction of sp³-hybridized carbons (Fsp3) is 0.292. The van der Waals surface area contributed by atoms with Crippen molar-refractivity contribution in [1.82, 2.24) is 14.8 Å². The molecule has 174 valence electrons. The lowest BCUT2D eigenvalue weighted by Gasteiger charge is -2.11. The monoisotopic (exact) mass is 486 g/mol. The Hall–Kier alpha value is -2.97. The molecular weight excluding hydrogens is 460 g/mol. The highest BCUT2D eigenvalue weighted by molar-refractivity contribution is 7.99. The van der Waals surface area contributed by atoms with Gasteiger partial charge in [0, 0.05) is 11.6 Å². The van der Waals surface area contributed by atoms with Crippen LogP contribution in [0.4, 0.5) is 5.69 Å². The Morgan fingerprint density at radius 1 is 1.24 bits per heavy atom. The van der Waals surface area contributed by atoms with Crippen molar-refractivity contribution in [2.75, 3.05) is 18.2 Å². The van der Waals surface area contributed by atoms with Gasteiger partial charge in [0.15, 0.2) is 11.0 Å². The predicted molar refractivity (Wildman–Crippen MR) is 132 cm³/mol. The van der Waals surface area contributed by atoms with Gasteiger partial charge in [-0.2, -0.15) is 0 Å². The Balaban J connectivity index is 1.62. The van der Waals surface area contributed by atoms with Crippen LogP contribution in [0.15, 0.2) is 60.3 Å². The van der Waals surface area contributed by atoms with Crippen molar-refractivity contribution in [2.24, 2.45) is 0 Å². The molecule has 9 heteroatoms. The molecule has 1 heterocycles. The summed E-state index contributed by atoms with van der Waals surface area (Å²) in [5, 5.41) is 12.4. The van der Waals surface area contributed by atoms with Crippen LogP contribution < -0.4 is 14.8 Å². The number of anilines is 1. The highest BCUT2D eigenvalue weighted by atomic mass is 35.5. The number of thioether (sulfide) groups is 1. The van der Waals surface area contributed by atoms with E-state index in [1.54, 1.807) is 24.3 Å². The molecule has 0 spiro atoms. The van der Waals surface area contributed by atoms with Crippen LogP contribution in [0.1, 0.15) is 31.2 Å². The van der Waals surface area contributed by atoms with E-state index in [0.717, 1.165) is 5.75 Å². The van der Waals surface area contributed by atoms with Gasteiger partial charge in [0.05, 0.1) is 18.6 Å². The molecule has 0 unspecified atom stereocenters. The van der Waals surface area contributed by atoms with Crippen molar-refractivity contribution in [3.63, 3.8) is 0 Å². The largest absolute Gasteiger partial charge is 0.495 e. The lowest BCUT2D eigenvalue weighted by atomic mass is 10.0. The summed E-state index contributed by atoms with van der Waals surface area (Å²) < 4.78 is 13.0. The van der Waals surface area contributed by atoms with Gasteiger partial charge in [0.1, 0.15) is 18.1 Å². The van der Waals surface area contributed by atoms with Gasteiger partial charge in [-0.3, -0.25) is 9.36 Å². The number of benzene rings is 2. The topological polar surface area (TPSA) is 78.3 Å². The summed E-state index contributed by atoms with van der Waals surface area (Å²) in [4.78, 5) is 12.5. The second-order valence-electron chi connectivity index (χ2n) is 7.49. The lowest BCUT2D eigenvalue weighted by molar-refractivity contribution is -0.113. The molecule has 0 aliphatic carbocycles. The second-order valence-corrected chi connectivity index (χ2v) is 8.87. The van der Waals surface area contributed by atoms with Gasteiger partial charge in [-0.25, -0.2) is 0 Å². The second kappa shape index (κ2) is 11.8. The number of nitrogens with one attached hydrogen (secondary N) is 1. The SMILES string of the molecule is C=CCn1c(COc2ccc(C(C)C)cc2)nnc1SCC(=O)Nc1cc(Cl)ccc1OC. The standard InChI is InChI=1S/C24H27ClN4O3S/c1-5-12-29-22(14-32-19-9-6-17(7-10-19)16(2)3)27-28-24(29)33-15-23(30)26-20-13-18(25)8-11-21(20)31-4/h5-11,13,16H,1,12,14-15H2,2-4H3,(H,26,30). The van der Waals surface area contributed by atoms with E-state index in [0.29, 0.717) is 39.9 Å². The van der Waals surface area contributed by atoms with Crippen LogP contribution in [0.25, 0.3) is 0 Å². The van der Waals surface area contributed by atoms with Crippen molar-refractivity contribution in [2.45, 2.75) is 38.1 Å². The molecule has 0 aliphatic rings. The highest BCUT2D eigenvalue weighted by Gasteiger charge is 2.15. The normalized spacial score (nSPS) is 10.8. The molecule has 0 saturated heterocycles. The first-order valence-electron chi connectivity index (χ1n) is 10.4. The maximum Gasteiger partial charge on any atom is 0.234 e. The average Bonchev–Trinajstić information content (AvgIpc) is 3.18. The number of hydrogen-bond acceptors (Lipinski definition) is 6. The molecule has 0 atom stereocenters. The van der Waals surface area contributed by atoms with Crippen LogP contribution in [-0.2, 0) is 17.9 Å². The van der Waals surface area contributed by atoms with E-state index in [4.69, 9.17) is 21.1 Å². The molecule has 0 bridgehead atoms. The Labute approximate surface area is 203 Å². The number of carbonyl (C=O) groups is 1. The third kappa shape index (κ3) is 6.76. The first kappa shape index (κ1) is 24.7. The highest BCUT2D eigenvalue weighted by Crippen LogP contribution is 2.28. The number of amides is 1. The smallest absolute Gasteiger partial charge is 0.234 e. The first-order chi connectivity index (χ1) is 15.9. The number of halogens is 1. The summed E-state index contributed by atoms with van der Waals surface area (Å²) in [7, 11) is 1.54. The molecule has 2 aromatic carbocycles. The molecule has 1 aromatic heterocycles. The summed E-state index contributed by atoms with van der Waals surface area (Å²) in [5.74, 6) is 2.35. The van der Waals surface area contributed by atoms with Crippen LogP contribution >= 0.6 is 23.4 Å². The number of ether oxygens (including phenoxy) is 2. The molecule has 0 fully saturated rings. The first-order valence-corrected chi connectivity index (χ1v) is 11.8. The number of aromatic nitrogens is 3. The summed E-state index contributed by atoms with van der Waals surface area (Å²) in [6, 6.07) is 13.1. The van der Waals surface area contributed by atoms with Crippen molar-refractivity contribution in [3.05, 3.63) is 71.5 Å². The molecule has 3 rings (SSSR count). The molecule has 3 aromatic rings. The van der Waals surface area contributed by atoms with E-state index in [1.165, 1.54) is 24.4 Å². The van der Waals surface area contributed by atoms with E-state index in [2.05, 4.69) is 48.1 Å². The molecule has 1 N–H and O–H groups in total. The number of rotatable bonds is 11. The molecule has 0 saturated carbocycles. The lowest BCUT2D eigenvalue weighted by Crippen LogP contribution is -2.15. The molecule has 1 amide bonds. The Morgan fingerprint density at radius 3 is 2.67 bits per heavy atom. The number of methoxy groups -OCH3 is 1. The maximum atomic E-state index is 12.5. The zero-order valence-corrected chi connectivity index (χ0v) is 20.4. The number of nitrogens with zero attached hydrogens (tertiary/aromatic N) is 3. The van der Waals surface area contributed by atoms with Gasteiger partial charge in [-0.05, 0) is 41.8 Å². The van der Waals surface area contributed by atoms with E-state index >= 15 is 0 Å². The van der Waals surface area contributed by atoms with Crippen LogP contribution in [-0.4, -0.2) is 33.5 Å². The van der Waals surface area contributed by atoms with E-state index in [9.17, 15) is 4.79 Å². The fourth-order valence-electron chi connectivity index (χ4n) is 3.04. The summed E-state index contributed by atoms with van der Waals surface area (Å²) in [5.41, 5.74) is 1.77. The number of allylic oxidation sites excluding steroid dienone is 1. The zero-order chi connectivity index (χ0) is 23.8. The predicted octanol–water partition coefficient (Wildman–Crippen LogP) is 5.56.